The standard InChI is InChI=1S/C26H24ClN3OS2/c1-16-19(27)8-4-9-20(16)28-26(31)30-15-18-17-7-2-3-11-22(17)33-25(18)29-13-5-10-21(29)24(30)23-12-6-14-32-23/h4-6,8-10,12-14,24H,2-3,7,11,15H2,1H3,(H,28,31)/t24-/m0/s1. The minimum absolute atomic E-state index is 0.102. The van der Waals surface area contributed by atoms with Gasteiger partial charge in [-0.3, -0.25) is 0 Å². The van der Waals surface area contributed by atoms with Crippen molar-refractivity contribution in [2.24, 2.45) is 0 Å². The Morgan fingerprint density at radius 2 is 1.97 bits per heavy atom. The number of carbonyl (C=O) groups excluding carboxylic acids is 1. The largest absolute Gasteiger partial charge is 0.323 e. The fourth-order valence-corrected chi connectivity index (χ4v) is 7.49. The van der Waals surface area contributed by atoms with Gasteiger partial charge in [0.05, 0.1) is 12.2 Å². The van der Waals surface area contributed by atoms with Crippen LogP contribution < -0.4 is 5.32 Å². The van der Waals surface area contributed by atoms with Gasteiger partial charge in [-0.1, -0.05) is 23.7 Å². The number of rotatable bonds is 2. The summed E-state index contributed by atoms with van der Waals surface area (Å²) in [6.07, 6.45) is 6.87. The van der Waals surface area contributed by atoms with Crippen LogP contribution in [0, 0.1) is 6.92 Å². The van der Waals surface area contributed by atoms with E-state index >= 15 is 0 Å². The van der Waals surface area contributed by atoms with Crippen molar-refractivity contribution < 1.29 is 4.79 Å². The topological polar surface area (TPSA) is 37.3 Å². The summed E-state index contributed by atoms with van der Waals surface area (Å²) >= 11 is 9.94. The highest BCUT2D eigenvalue weighted by molar-refractivity contribution is 7.15. The molecular formula is C26H24ClN3OS2. The van der Waals surface area contributed by atoms with Crippen molar-refractivity contribution in [1.29, 1.82) is 0 Å². The summed E-state index contributed by atoms with van der Waals surface area (Å²) in [5.74, 6) is 0. The summed E-state index contributed by atoms with van der Waals surface area (Å²) in [5.41, 5.74) is 5.54. The minimum atomic E-state index is -0.154. The molecule has 6 rings (SSSR count). The number of hydrogen-bond donors (Lipinski definition) is 1. The lowest BCUT2D eigenvalue weighted by atomic mass is 9.95. The first-order chi connectivity index (χ1) is 16.1. The number of halogens is 1. The first-order valence-corrected chi connectivity index (χ1v) is 13.4. The Bertz CT molecular complexity index is 1340. The van der Waals surface area contributed by atoms with Crippen LogP contribution >= 0.6 is 34.3 Å². The van der Waals surface area contributed by atoms with Crippen molar-refractivity contribution in [3.8, 4) is 5.00 Å². The molecular weight excluding hydrogens is 470 g/mol. The molecule has 4 nitrogen and oxygen atoms in total. The molecule has 3 aromatic heterocycles. The maximum absolute atomic E-state index is 13.9. The molecule has 0 fully saturated rings. The van der Waals surface area contributed by atoms with Crippen LogP contribution in [0.2, 0.25) is 5.02 Å². The number of nitrogens with one attached hydrogen (secondary N) is 1. The fourth-order valence-electron chi connectivity index (χ4n) is 5.06. The molecule has 2 aliphatic rings. The van der Waals surface area contributed by atoms with Gasteiger partial charge in [-0.25, -0.2) is 4.79 Å². The number of aryl methyl sites for hydroxylation is 1. The van der Waals surface area contributed by atoms with E-state index in [1.807, 2.05) is 41.4 Å². The van der Waals surface area contributed by atoms with E-state index in [0.717, 1.165) is 34.7 Å². The van der Waals surface area contributed by atoms with Crippen LogP contribution in [0.1, 0.15) is 51.0 Å². The molecule has 0 bridgehead atoms. The average molecular weight is 494 g/mol. The van der Waals surface area contributed by atoms with E-state index in [4.69, 9.17) is 11.6 Å². The van der Waals surface area contributed by atoms with Gasteiger partial charge in [-0.15, -0.1) is 22.7 Å². The highest BCUT2D eigenvalue weighted by Gasteiger charge is 2.36. The number of thiophene rings is 2. The molecule has 1 aliphatic carbocycles. The number of hydrogen-bond acceptors (Lipinski definition) is 3. The first kappa shape index (κ1) is 21.0. The Hall–Kier alpha value is -2.54. The zero-order chi connectivity index (χ0) is 22.5. The number of urea groups is 1. The summed E-state index contributed by atoms with van der Waals surface area (Å²) in [6, 6.07) is 13.8. The Morgan fingerprint density at radius 3 is 2.82 bits per heavy atom. The Kier molecular flexibility index (Phi) is 5.32. The van der Waals surface area contributed by atoms with Crippen LogP contribution in [-0.4, -0.2) is 15.5 Å². The predicted octanol–water partition coefficient (Wildman–Crippen LogP) is 7.58. The van der Waals surface area contributed by atoms with Gasteiger partial charge in [-0.2, -0.15) is 0 Å². The first-order valence-electron chi connectivity index (χ1n) is 11.3. The summed E-state index contributed by atoms with van der Waals surface area (Å²) in [4.78, 5) is 18.6. The normalized spacial score (nSPS) is 17.2. The second-order valence-electron chi connectivity index (χ2n) is 8.69. The lowest BCUT2D eigenvalue weighted by molar-refractivity contribution is 0.195. The van der Waals surface area contributed by atoms with Crippen LogP contribution in [0.25, 0.3) is 5.00 Å². The van der Waals surface area contributed by atoms with E-state index in [1.54, 1.807) is 11.3 Å². The smallest absolute Gasteiger partial charge is 0.310 e. The fraction of sp³-hybridized carbons (Fsp3) is 0.269. The molecule has 2 amide bonds. The lowest BCUT2D eigenvalue weighted by Gasteiger charge is -2.30. The van der Waals surface area contributed by atoms with Crippen LogP contribution in [0.5, 0.6) is 0 Å². The van der Waals surface area contributed by atoms with E-state index in [2.05, 4.69) is 45.7 Å². The van der Waals surface area contributed by atoms with Gasteiger partial charge in [-0.05, 0) is 79.4 Å². The van der Waals surface area contributed by atoms with Crippen LogP contribution in [0.4, 0.5) is 10.5 Å². The number of benzene rings is 1. The average Bonchev–Trinajstić information content (AvgIpc) is 3.56. The number of anilines is 1. The molecule has 1 N–H and O–H groups in total. The molecule has 0 radical (unpaired) electrons. The van der Waals surface area contributed by atoms with Gasteiger partial charge in [0.15, 0.2) is 0 Å². The van der Waals surface area contributed by atoms with E-state index in [9.17, 15) is 4.79 Å². The summed E-state index contributed by atoms with van der Waals surface area (Å²) in [7, 11) is 0. The van der Waals surface area contributed by atoms with Gasteiger partial charge in [0.2, 0.25) is 0 Å². The Balaban J connectivity index is 1.49. The second-order valence-corrected chi connectivity index (χ2v) is 11.2. The molecule has 33 heavy (non-hydrogen) atoms. The lowest BCUT2D eigenvalue weighted by Crippen LogP contribution is -2.38. The number of carbonyl (C=O) groups is 1. The molecule has 1 aliphatic heterocycles. The summed E-state index contributed by atoms with van der Waals surface area (Å²) in [5, 5.41) is 7.18. The number of amides is 2. The van der Waals surface area contributed by atoms with Crippen molar-refractivity contribution >= 4 is 46.0 Å². The third-order valence-electron chi connectivity index (χ3n) is 6.76. The monoisotopic (exact) mass is 493 g/mol. The molecule has 1 aromatic carbocycles. The second kappa shape index (κ2) is 8.35. The van der Waals surface area contributed by atoms with Gasteiger partial charge in [0.25, 0.3) is 0 Å². The van der Waals surface area contributed by atoms with Gasteiger partial charge >= 0.3 is 6.03 Å². The molecule has 7 heteroatoms. The third kappa shape index (κ3) is 3.52. The number of nitrogens with zero attached hydrogens (tertiary/aromatic N) is 2. The number of aromatic nitrogens is 1. The highest BCUT2D eigenvalue weighted by atomic mass is 35.5. The molecule has 0 saturated carbocycles. The Labute approximate surface area is 206 Å². The molecule has 0 unspecified atom stereocenters. The van der Waals surface area contributed by atoms with E-state index in [1.165, 1.54) is 33.8 Å². The van der Waals surface area contributed by atoms with Crippen LogP contribution in [0.15, 0.2) is 54.0 Å². The van der Waals surface area contributed by atoms with E-state index in [-0.39, 0.29) is 12.1 Å². The highest BCUT2D eigenvalue weighted by Crippen LogP contribution is 2.44. The van der Waals surface area contributed by atoms with Gasteiger partial charge < -0.3 is 14.8 Å². The SMILES string of the molecule is Cc1c(Cl)cccc1NC(=O)N1Cc2c(sc3c2CCCC3)-n2cccc2[C@H]1c1cccs1. The zero-order valence-corrected chi connectivity index (χ0v) is 20.7. The van der Waals surface area contributed by atoms with Gasteiger partial charge in [0.1, 0.15) is 11.0 Å². The molecule has 1 atom stereocenters. The van der Waals surface area contributed by atoms with Crippen LogP contribution in [0.3, 0.4) is 0 Å². The quantitative estimate of drug-likeness (QED) is 0.307. The number of fused-ring (bicyclic) bond motifs is 5. The van der Waals surface area contributed by atoms with E-state index in [0.29, 0.717) is 11.6 Å². The van der Waals surface area contributed by atoms with Crippen molar-refractivity contribution in [3.05, 3.63) is 91.2 Å². The zero-order valence-electron chi connectivity index (χ0n) is 18.3. The van der Waals surface area contributed by atoms with Gasteiger partial charge in [0, 0.05) is 32.2 Å². The van der Waals surface area contributed by atoms with Crippen molar-refractivity contribution in [2.45, 2.75) is 45.2 Å². The maximum atomic E-state index is 13.9. The molecule has 4 heterocycles. The van der Waals surface area contributed by atoms with Crippen molar-refractivity contribution in [1.82, 2.24) is 9.47 Å². The Morgan fingerprint density at radius 1 is 1.09 bits per heavy atom. The molecule has 4 aromatic rings. The summed E-state index contributed by atoms with van der Waals surface area (Å²) < 4.78 is 2.32. The maximum Gasteiger partial charge on any atom is 0.323 e. The van der Waals surface area contributed by atoms with E-state index < -0.39 is 0 Å². The third-order valence-corrected chi connectivity index (χ3v) is 9.43. The van der Waals surface area contributed by atoms with Crippen LogP contribution in [-0.2, 0) is 19.4 Å². The predicted molar refractivity (Wildman–Crippen MR) is 137 cm³/mol. The molecule has 0 spiro atoms. The molecule has 0 saturated heterocycles. The molecule has 168 valence electrons. The summed E-state index contributed by atoms with van der Waals surface area (Å²) in [6.45, 7) is 2.53. The van der Waals surface area contributed by atoms with Crippen molar-refractivity contribution in [3.63, 3.8) is 0 Å². The minimum Gasteiger partial charge on any atom is -0.310 e. The van der Waals surface area contributed by atoms with Crippen molar-refractivity contribution in [2.75, 3.05) is 5.32 Å².